The first kappa shape index (κ1) is 34.6. The quantitative estimate of drug-likeness (QED) is 0.284. The lowest BCUT2D eigenvalue weighted by atomic mass is 9.40. The van der Waals surface area contributed by atoms with Crippen molar-refractivity contribution in [3.05, 3.63) is 72.3 Å². The van der Waals surface area contributed by atoms with Crippen molar-refractivity contribution in [1.29, 1.82) is 0 Å². The van der Waals surface area contributed by atoms with Crippen LogP contribution in [0.2, 0.25) is 0 Å². The Balaban J connectivity index is 0.863. The Hall–Kier alpha value is -1.96. The van der Waals surface area contributed by atoms with E-state index in [4.69, 9.17) is 9.97 Å². The molecule has 2 aromatic rings. The third-order valence-corrected chi connectivity index (χ3v) is 24.1. The zero-order valence-electron chi connectivity index (χ0n) is 35.4. The van der Waals surface area contributed by atoms with Gasteiger partial charge in [-0.25, -0.2) is 0 Å². The summed E-state index contributed by atoms with van der Waals surface area (Å²) in [7, 11) is 0. The minimum absolute atomic E-state index is 0.658. The summed E-state index contributed by atoms with van der Waals surface area (Å²) in [5, 5.41) is 0. The number of hydrogen-bond acceptors (Lipinski definition) is 2. The van der Waals surface area contributed by atoms with Crippen molar-refractivity contribution in [3.63, 3.8) is 0 Å². The number of rotatable bonds is 2. The first-order chi connectivity index (χ1) is 28.8. The SMILES string of the molecule is C1=CC2C(CC1)C1CC3C(c4ccccn4)C4C5CCC6C7CCC8C9CCCCC9C9CCC(C%10CCC(C5C6%10)C4C(c4ccccn4)C3C3CCCC2C13)C7C89. The fourth-order valence-corrected chi connectivity index (χ4v) is 23.8. The third kappa shape index (κ3) is 4.39. The second-order valence-electron chi connectivity index (χ2n) is 24.5. The molecule has 0 spiro atoms. The molecule has 12 fully saturated rings. The zero-order chi connectivity index (χ0) is 37.4. The van der Waals surface area contributed by atoms with Gasteiger partial charge in [-0.1, -0.05) is 43.5 Å². The molecule has 15 rings (SSSR count). The number of allylic oxidation sites excluding steroid dienone is 2. The number of nitrogens with zero attached hydrogens (tertiary/aromatic N) is 2. The molecule has 13 aliphatic carbocycles. The van der Waals surface area contributed by atoms with E-state index in [2.05, 4.69) is 60.9 Å². The van der Waals surface area contributed by atoms with Gasteiger partial charge >= 0.3 is 0 Å². The summed E-state index contributed by atoms with van der Waals surface area (Å²) in [6, 6.07) is 14.3. The summed E-state index contributed by atoms with van der Waals surface area (Å²) >= 11 is 0. The van der Waals surface area contributed by atoms with E-state index in [1.54, 1.807) is 77.0 Å². The summed E-state index contributed by atoms with van der Waals surface area (Å²) in [6.45, 7) is 0. The Bertz CT molecular complexity index is 1890. The van der Waals surface area contributed by atoms with E-state index in [1.807, 2.05) is 0 Å². The number of pyridine rings is 2. The van der Waals surface area contributed by atoms with Gasteiger partial charge in [0.05, 0.1) is 0 Å². The second-order valence-corrected chi connectivity index (χ2v) is 24.5. The fraction of sp³-hybridized carbons (Fsp3) is 0.786. The maximum Gasteiger partial charge on any atom is 0.0440 e. The molecule has 13 aliphatic rings. The van der Waals surface area contributed by atoms with E-state index < -0.39 is 0 Å². The molecule has 12 saturated carbocycles. The lowest BCUT2D eigenvalue weighted by Crippen LogP contribution is -2.59. The van der Waals surface area contributed by atoms with Gasteiger partial charge in [-0.2, -0.15) is 0 Å². The molecule has 0 saturated heterocycles. The van der Waals surface area contributed by atoms with Crippen LogP contribution in [0.5, 0.6) is 0 Å². The number of fused-ring (bicyclic) bond motifs is 13. The van der Waals surface area contributed by atoms with Crippen LogP contribution in [-0.4, -0.2) is 9.97 Å². The van der Waals surface area contributed by atoms with Gasteiger partial charge in [0.15, 0.2) is 0 Å². The molecule has 2 heterocycles. The highest BCUT2D eigenvalue weighted by atomic mass is 14.8. The monoisotopic (exact) mass is 773 g/mol. The maximum atomic E-state index is 5.51. The maximum absolute atomic E-state index is 5.51. The molecule has 0 amide bonds. The molecule has 0 radical (unpaired) electrons. The molecular weight excluding hydrogens is 701 g/mol. The Kier molecular flexibility index (Phi) is 7.64. The highest BCUT2D eigenvalue weighted by Crippen LogP contribution is 2.79. The minimum atomic E-state index is 0.658. The van der Waals surface area contributed by atoms with Crippen molar-refractivity contribution in [1.82, 2.24) is 9.97 Å². The first-order valence-electron chi connectivity index (χ1n) is 26.3. The van der Waals surface area contributed by atoms with Crippen LogP contribution in [0, 0.1) is 142 Å². The van der Waals surface area contributed by atoms with Crippen molar-refractivity contribution >= 4 is 0 Å². The third-order valence-electron chi connectivity index (χ3n) is 24.1. The summed E-state index contributed by atoms with van der Waals surface area (Å²) in [4.78, 5) is 11.0. The van der Waals surface area contributed by atoms with Gasteiger partial charge < -0.3 is 0 Å². The van der Waals surface area contributed by atoms with Crippen LogP contribution < -0.4 is 0 Å². The van der Waals surface area contributed by atoms with Crippen LogP contribution in [0.4, 0.5) is 0 Å². The predicted octanol–water partition coefficient (Wildman–Crippen LogP) is 12.9. The smallest absolute Gasteiger partial charge is 0.0440 e. The topological polar surface area (TPSA) is 25.8 Å². The van der Waals surface area contributed by atoms with E-state index in [9.17, 15) is 0 Å². The highest BCUT2D eigenvalue weighted by Gasteiger charge is 2.73. The van der Waals surface area contributed by atoms with Crippen LogP contribution in [0.15, 0.2) is 60.9 Å². The van der Waals surface area contributed by atoms with E-state index >= 15 is 0 Å². The van der Waals surface area contributed by atoms with E-state index in [1.165, 1.54) is 49.9 Å². The average Bonchev–Trinajstić information content (AvgIpc) is 3.92. The normalized spacial score (nSPS) is 58.4. The van der Waals surface area contributed by atoms with Gasteiger partial charge in [0.2, 0.25) is 0 Å². The van der Waals surface area contributed by atoms with Crippen molar-refractivity contribution < 1.29 is 0 Å². The van der Waals surface area contributed by atoms with Crippen molar-refractivity contribution in [3.8, 4) is 0 Å². The van der Waals surface area contributed by atoms with Gasteiger partial charge in [-0.3, -0.25) is 9.97 Å². The standard InChI is InChI=1S/C56H72N2/c1-2-11-30-29(10-1)34-18-20-36-38-22-24-41-51-42(25-23-39(50(38)51)37-21-19-35(30)48(34)49(36)37)55-54(41)53(45-16-5-7-26-57-45)44-28-43-32-13-4-3-12-31(32)33-14-9-15-40(47(33)43)52(44)56(55)46-17-6-8-27-58-46/h3,5-8,12,16-17,26-27,29-44,47-56H,1-2,4,9-11,13-15,18-25,28H2. The van der Waals surface area contributed by atoms with Crippen molar-refractivity contribution in [2.45, 2.75) is 127 Å². The van der Waals surface area contributed by atoms with E-state index in [-0.39, 0.29) is 0 Å². The molecule has 0 aromatic carbocycles. The van der Waals surface area contributed by atoms with E-state index in [0.717, 1.165) is 142 Å². The molecule has 0 aliphatic heterocycles. The second kappa shape index (κ2) is 12.8. The molecule has 2 aromatic heterocycles. The van der Waals surface area contributed by atoms with Gasteiger partial charge in [0.1, 0.15) is 0 Å². The average molecular weight is 773 g/mol. The van der Waals surface area contributed by atoms with Gasteiger partial charge in [-0.15, -0.1) is 0 Å². The van der Waals surface area contributed by atoms with Crippen molar-refractivity contribution in [2.75, 3.05) is 0 Å². The Morgan fingerprint density at radius 3 is 1.45 bits per heavy atom. The Morgan fingerprint density at radius 2 is 0.845 bits per heavy atom. The summed E-state index contributed by atoms with van der Waals surface area (Å²) in [5.41, 5.74) is 3.06. The Labute approximate surface area is 350 Å². The van der Waals surface area contributed by atoms with Crippen LogP contribution in [0.1, 0.15) is 139 Å². The lowest BCUT2D eigenvalue weighted by Gasteiger charge is -2.65. The van der Waals surface area contributed by atoms with Crippen LogP contribution in [0.25, 0.3) is 0 Å². The van der Waals surface area contributed by atoms with Gasteiger partial charge in [-0.05, 0) is 263 Å². The van der Waals surface area contributed by atoms with Gasteiger partial charge in [0, 0.05) is 35.6 Å². The Morgan fingerprint density at radius 1 is 0.345 bits per heavy atom. The molecule has 26 atom stereocenters. The largest absolute Gasteiger partial charge is 0.261 e. The molecule has 58 heavy (non-hydrogen) atoms. The highest BCUT2D eigenvalue weighted by molar-refractivity contribution is 5.30. The number of hydrogen-bond donors (Lipinski definition) is 0. The first-order valence-corrected chi connectivity index (χ1v) is 26.3. The lowest BCUT2D eigenvalue weighted by molar-refractivity contribution is -0.171. The molecule has 306 valence electrons. The summed E-state index contributed by atoms with van der Waals surface area (Å²) in [6.07, 6.45) is 37.7. The molecule has 26 unspecified atom stereocenters. The molecule has 0 N–H and O–H groups in total. The van der Waals surface area contributed by atoms with Crippen LogP contribution in [-0.2, 0) is 0 Å². The van der Waals surface area contributed by atoms with Crippen LogP contribution >= 0.6 is 0 Å². The van der Waals surface area contributed by atoms with Crippen LogP contribution in [0.3, 0.4) is 0 Å². The predicted molar refractivity (Wildman–Crippen MR) is 230 cm³/mol. The molecular formula is C56H72N2. The molecule has 2 heteroatoms. The number of aromatic nitrogens is 2. The van der Waals surface area contributed by atoms with Crippen molar-refractivity contribution in [2.24, 2.45) is 142 Å². The summed E-state index contributed by atoms with van der Waals surface area (Å²) < 4.78 is 0. The minimum Gasteiger partial charge on any atom is -0.261 e. The zero-order valence-corrected chi connectivity index (χ0v) is 35.4. The van der Waals surface area contributed by atoms with Gasteiger partial charge in [0.25, 0.3) is 0 Å². The molecule has 0 bridgehead atoms. The van der Waals surface area contributed by atoms with E-state index in [0.29, 0.717) is 11.8 Å². The summed E-state index contributed by atoms with van der Waals surface area (Å²) in [5.74, 6) is 24.9. The fourth-order valence-electron chi connectivity index (χ4n) is 23.8. The molecule has 2 nitrogen and oxygen atoms in total.